The number of anilines is 1. The highest BCUT2D eigenvalue weighted by Crippen LogP contribution is 2.25. The summed E-state index contributed by atoms with van der Waals surface area (Å²) in [6.45, 7) is 2.06. The summed E-state index contributed by atoms with van der Waals surface area (Å²) < 4.78 is 13.7. The molecule has 0 atom stereocenters. The van der Waals surface area contributed by atoms with E-state index in [1.807, 2.05) is 30.3 Å². The molecular formula is C14H13FN2O2. The molecule has 0 radical (unpaired) electrons. The maximum absolute atomic E-state index is 13.7. The fourth-order valence-corrected chi connectivity index (χ4v) is 1.80. The second-order valence-electron chi connectivity index (χ2n) is 4.21. The van der Waals surface area contributed by atoms with Crippen molar-refractivity contribution in [1.29, 1.82) is 0 Å². The Bertz CT molecular complexity index is 600. The second-order valence-corrected chi connectivity index (χ2v) is 4.21. The zero-order valence-electron chi connectivity index (χ0n) is 10.4. The van der Waals surface area contributed by atoms with Crippen LogP contribution in [0.5, 0.6) is 0 Å². The second kappa shape index (κ2) is 5.48. The number of hydrogen-bond acceptors (Lipinski definition) is 3. The van der Waals surface area contributed by atoms with E-state index in [-0.39, 0.29) is 11.4 Å². The topological polar surface area (TPSA) is 55.2 Å². The average Bonchev–Trinajstić information content (AvgIpc) is 2.40. The molecule has 0 aliphatic carbocycles. The number of rotatable bonds is 4. The van der Waals surface area contributed by atoms with Gasteiger partial charge in [-0.25, -0.2) is 4.39 Å². The van der Waals surface area contributed by atoms with Gasteiger partial charge in [-0.2, -0.15) is 0 Å². The molecule has 0 bridgehead atoms. The summed E-state index contributed by atoms with van der Waals surface area (Å²) in [5.74, 6) is -0.617. The van der Waals surface area contributed by atoms with Crippen LogP contribution in [0.15, 0.2) is 42.5 Å². The first-order chi connectivity index (χ1) is 9.08. The minimum atomic E-state index is -0.617. The first-order valence-electron chi connectivity index (χ1n) is 5.80. The molecule has 2 rings (SSSR count). The van der Waals surface area contributed by atoms with Gasteiger partial charge in [0.2, 0.25) is 0 Å². The van der Waals surface area contributed by atoms with Crippen LogP contribution in [0.2, 0.25) is 0 Å². The van der Waals surface area contributed by atoms with E-state index < -0.39 is 10.7 Å². The van der Waals surface area contributed by atoms with Crippen LogP contribution in [-0.2, 0) is 6.54 Å². The van der Waals surface area contributed by atoms with E-state index in [2.05, 4.69) is 5.32 Å². The third kappa shape index (κ3) is 3.07. The lowest BCUT2D eigenvalue weighted by atomic mass is 10.1. The molecule has 2 aromatic rings. The van der Waals surface area contributed by atoms with Gasteiger partial charge in [-0.3, -0.25) is 10.1 Å². The monoisotopic (exact) mass is 260 g/mol. The van der Waals surface area contributed by atoms with Crippen LogP contribution in [0.25, 0.3) is 0 Å². The van der Waals surface area contributed by atoms with Crippen molar-refractivity contribution in [3.63, 3.8) is 0 Å². The van der Waals surface area contributed by atoms with Crippen molar-refractivity contribution in [1.82, 2.24) is 0 Å². The molecule has 0 fully saturated rings. The van der Waals surface area contributed by atoms with E-state index in [4.69, 9.17) is 0 Å². The van der Waals surface area contributed by atoms with Crippen molar-refractivity contribution in [2.45, 2.75) is 13.5 Å². The molecule has 4 nitrogen and oxygen atoms in total. The Labute approximate surface area is 110 Å². The molecule has 98 valence electrons. The Kier molecular flexibility index (Phi) is 3.75. The molecule has 0 saturated heterocycles. The molecule has 0 aromatic heterocycles. The fraction of sp³-hybridized carbons (Fsp3) is 0.143. The summed E-state index contributed by atoms with van der Waals surface area (Å²) in [4.78, 5) is 10.1. The normalized spacial score (nSPS) is 10.2. The summed E-state index contributed by atoms with van der Waals surface area (Å²) >= 11 is 0. The SMILES string of the molecule is Cc1cc(NCc2ccccc2)c(F)cc1[N+](=O)[O-]. The van der Waals surface area contributed by atoms with Crippen LogP contribution in [-0.4, -0.2) is 4.92 Å². The third-order valence-corrected chi connectivity index (χ3v) is 2.81. The molecule has 0 aliphatic heterocycles. The Balaban J connectivity index is 2.17. The lowest BCUT2D eigenvalue weighted by Crippen LogP contribution is -2.03. The largest absolute Gasteiger partial charge is 0.379 e. The predicted octanol–water partition coefficient (Wildman–Crippen LogP) is 3.65. The van der Waals surface area contributed by atoms with Crippen LogP contribution in [0.3, 0.4) is 0 Å². The maximum Gasteiger partial charge on any atom is 0.275 e. The van der Waals surface area contributed by atoms with E-state index in [1.54, 1.807) is 6.92 Å². The minimum absolute atomic E-state index is 0.206. The van der Waals surface area contributed by atoms with Gasteiger partial charge < -0.3 is 5.32 Å². The molecule has 0 saturated carbocycles. The quantitative estimate of drug-likeness (QED) is 0.674. The van der Waals surface area contributed by atoms with Crippen molar-refractivity contribution in [2.24, 2.45) is 0 Å². The number of halogens is 1. The standard InChI is InChI=1S/C14H13FN2O2/c1-10-7-13(12(15)8-14(10)17(18)19)16-9-11-5-3-2-4-6-11/h2-8,16H,9H2,1H3. The summed E-state index contributed by atoms with van der Waals surface area (Å²) in [5.41, 5.74) is 1.51. The van der Waals surface area contributed by atoms with Gasteiger partial charge in [0.15, 0.2) is 5.82 Å². The van der Waals surface area contributed by atoms with Gasteiger partial charge in [0.1, 0.15) is 0 Å². The lowest BCUT2D eigenvalue weighted by Gasteiger charge is -2.09. The fourth-order valence-electron chi connectivity index (χ4n) is 1.80. The van der Waals surface area contributed by atoms with Gasteiger partial charge in [0.05, 0.1) is 16.7 Å². The number of nitro benzene ring substituents is 1. The molecule has 5 heteroatoms. The molecule has 0 spiro atoms. The zero-order valence-corrected chi connectivity index (χ0v) is 10.4. The molecule has 19 heavy (non-hydrogen) atoms. The van der Waals surface area contributed by atoms with Gasteiger partial charge in [0.25, 0.3) is 5.69 Å². The summed E-state index contributed by atoms with van der Waals surface area (Å²) in [6.07, 6.45) is 0. The van der Waals surface area contributed by atoms with Gasteiger partial charge >= 0.3 is 0 Å². The molecule has 0 unspecified atom stereocenters. The van der Waals surface area contributed by atoms with Gasteiger partial charge in [-0.15, -0.1) is 0 Å². The maximum atomic E-state index is 13.7. The van der Waals surface area contributed by atoms with Crippen molar-refractivity contribution in [2.75, 3.05) is 5.32 Å². The Hall–Kier alpha value is -2.43. The molecule has 1 N–H and O–H groups in total. The summed E-state index contributed by atoms with van der Waals surface area (Å²) in [6, 6.07) is 11.9. The van der Waals surface area contributed by atoms with Gasteiger partial charge in [-0.05, 0) is 18.6 Å². The highest BCUT2D eigenvalue weighted by atomic mass is 19.1. The third-order valence-electron chi connectivity index (χ3n) is 2.81. The lowest BCUT2D eigenvalue weighted by molar-refractivity contribution is -0.385. The van der Waals surface area contributed by atoms with Gasteiger partial charge in [-0.1, -0.05) is 30.3 Å². The van der Waals surface area contributed by atoms with Crippen LogP contribution in [0.1, 0.15) is 11.1 Å². The minimum Gasteiger partial charge on any atom is -0.379 e. The number of hydrogen-bond donors (Lipinski definition) is 1. The molecular weight excluding hydrogens is 247 g/mol. The first kappa shape index (κ1) is 13.0. The van der Waals surface area contributed by atoms with Crippen molar-refractivity contribution >= 4 is 11.4 Å². The molecule has 0 heterocycles. The smallest absolute Gasteiger partial charge is 0.275 e. The van der Waals surface area contributed by atoms with Crippen LogP contribution in [0, 0.1) is 22.9 Å². The average molecular weight is 260 g/mol. The Morgan fingerprint density at radius 2 is 1.95 bits per heavy atom. The highest BCUT2D eigenvalue weighted by Gasteiger charge is 2.15. The van der Waals surface area contributed by atoms with E-state index >= 15 is 0 Å². The van der Waals surface area contributed by atoms with E-state index in [9.17, 15) is 14.5 Å². The van der Waals surface area contributed by atoms with Crippen molar-refractivity contribution in [3.05, 3.63) is 69.5 Å². The van der Waals surface area contributed by atoms with Crippen LogP contribution < -0.4 is 5.32 Å². The number of aryl methyl sites for hydroxylation is 1. The molecule has 0 aliphatic rings. The summed E-state index contributed by atoms with van der Waals surface area (Å²) in [7, 11) is 0. The van der Waals surface area contributed by atoms with E-state index in [0.29, 0.717) is 12.1 Å². The number of nitro groups is 1. The van der Waals surface area contributed by atoms with Crippen LogP contribution >= 0.6 is 0 Å². The first-order valence-corrected chi connectivity index (χ1v) is 5.80. The van der Waals surface area contributed by atoms with Crippen LogP contribution in [0.4, 0.5) is 15.8 Å². The Morgan fingerprint density at radius 3 is 2.58 bits per heavy atom. The van der Waals surface area contributed by atoms with Crippen molar-refractivity contribution < 1.29 is 9.31 Å². The highest BCUT2D eigenvalue weighted by molar-refractivity contribution is 5.55. The zero-order chi connectivity index (χ0) is 13.8. The Morgan fingerprint density at radius 1 is 1.26 bits per heavy atom. The molecule has 2 aromatic carbocycles. The van der Waals surface area contributed by atoms with Crippen molar-refractivity contribution in [3.8, 4) is 0 Å². The number of nitrogens with zero attached hydrogens (tertiary/aromatic N) is 1. The number of nitrogens with one attached hydrogen (secondary N) is 1. The number of benzene rings is 2. The summed E-state index contributed by atoms with van der Waals surface area (Å²) in [5, 5.41) is 13.6. The van der Waals surface area contributed by atoms with Gasteiger partial charge in [0, 0.05) is 12.1 Å². The predicted molar refractivity (Wildman–Crippen MR) is 71.6 cm³/mol. The van der Waals surface area contributed by atoms with E-state index in [0.717, 1.165) is 11.6 Å². The molecule has 0 amide bonds. The van der Waals surface area contributed by atoms with E-state index in [1.165, 1.54) is 6.07 Å².